The molecule has 1 atom stereocenters. The molecule has 2 aliphatic rings. The molecule has 0 bridgehead atoms. The van der Waals surface area contributed by atoms with Crippen LogP contribution < -0.4 is 25.6 Å². The first kappa shape index (κ1) is 23.8. The molecule has 1 unspecified atom stereocenters. The van der Waals surface area contributed by atoms with Crippen LogP contribution in [0.4, 0.5) is 21.5 Å². The van der Waals surface area contributed by atoms with E-state index in [2.05, 4.69) is 38.5 Å². The lowest BCUT2D eigenvalue weighted by molar-refractivity contribution is -0.111. The Morgan fingerprint density at radius 1 is 1.34 bits per heavy atom. The first-order valence-corrected chi connectivity index (χ1v) is 11.0. The average Bonchev–Trinajstić information content (AvgIpc) is 2.90. The van der Waals surface area contributed by atoms with Crippen molar-refractivity contribution in [2.24, 2.45) is 4.99 Å². The van der Waals surface area contributed by atoms with Crippen LogP contribution in [-0.2, 0) is 9.53 Å². The first-order chi connectivity index (χ1) is 17.0. The van der Waals surface area contributed by atoms with Crippen LogP contribution in [-0.4, -0.2) is 51.8 Å². The number of ether oxygens (including phenoxy) is 2. The zero-order valence-electron chi connectivity index (χ0n) is 19.2. The molecule has 0 aliphatic carbocycles. The number of rotatable bonds is 7. The van der Waals surface area contributed by atoms with E-state index in [-0.39, 0.29) is 11.3 Å². The van der Waals surface area contributed by atoms with Gasteiger partial charge in [0.1, 0.15) is 17.6 Å². The number of aliphatic imine (C=N–C) groups is 1. The van der Waals surface area contributed by atoms with Crippen molar-refractivity contribution in [3.63, 3.8) is 0 Å². The monoisotopic (exact) mass is 476 g/mol. The summed E-state index contributed by atoms with van der Waals surface area (Å²) >= 11 is 0. The molecule has 2 heterocycles. The van der Waals surface area contributed by atoms with E-state index >= 15 is 0 Å². The summed E-state index contributed by atoms with van der Waals surface area (Å²) in [5.74, 6) is -0.384. The summed E-state index contributed by atoms with van der Waals surface area (Å²) < 4.78 is 25.2. The molecule has 0 spiro atoms. The second-order valence-electron chi connectivity index (χ2n) is 7.74. The molecule has 4 rings (SSSR count). The highest BCUT2D eigenvalue weighted by Gasteiger charge is 2.21. The van der Waals surface area contributed by atoms with Crippen molar-refractivity contribution in [2.75, 3.05) is 48.9 Å². The SMILES string of the molecule is C=CC(=O)Nc1cc(C2=C(C#N)C=NC(Nc3ccc(OC)c(N4CCOCC4)c3)N2)ccc1F. The van der Waals surface area contributed by atoms with Crippen LogP contribution in [0, 0.1) is 17.1 Å². The van der Waals surface area contributed by atoms with Gasteiger partial charge in [-0.25, -0.2) is 9.38 Å². The summed E-state index contributed by atoms with van der Waals surface area (Å²) in [6.07, 6.45) is 1.92. The van der Waals surface area contributed by atoms with Gasteiger partial charge in [0.15, 0.2) is 6.29 Å². The second kappa shape index (κ2) is 10.7. The number of allylic oxidation sites excluding steroid dienone is 1. The Bertz CT molecular complexity index is 1230. The third kappa shape index (κ3) is 5.42. The fraction of sp³-hybridized carbons (Fsp3) is 0.240. The van der Waals surface area contributed by atoms with Gasteiger partial charge in [0.25, 0.3) is 0 Å². The molecule has 35 heavy (non-hydrogen) atoms. The van der Waals surface area contributed by atoms with Gasteiger partial charge in [-0.2, -0.15) is 5.26 Å². The number of carbonyl (C=O) groups excluding carboxylic acids is 1. The highest BCUT2D eigenvalue weighted by molar-refractivity contribution is 6.00. The van der Waals surface area contributed by atoms with Crippen LogP contribution in [0.1, 0.15) is 5.56 Å². The number of nitriles is 1. The van der Waals surface area contributed by atoms with E-state index in [1.807, 2.05) is 18.2 Å². The smallest absolute Gasteiger partial charge is 0.247 e. The number of halogens is 1. The number of carbonyl (C=O) groups is 1. The Kier molecular flexibility index (Phi) is 7.28. The Morgan fingerprint density at radius 2 is 2.14 bits per heavy atom. The minimum atomic E-state index is -0.601. The van der Waals surface area contributed by atoms with Crippen molar-refractivity contribution >= 4 is 34.9 Å². The predicted octanol–water partition coefficient (Wildman–Crippen LogP) is 3.10. The molecule has 3 N–H and O–H groups in total. The predicted molar refractivity (Wildman–Crippen MR) is 133 cm³/mol. The van der Waals surface area contributed by atoms with Gasteiger partial charge in [-0.1, -0.05) is 6.58 Å². The number of morpholine rings is 1. The fourth-order valence-electron chi connectivity index (χ4n) is 3.81. The lowest BCUT2D eigenvalue weighted by Crippen LogP contribution is -2.37. The zero-order chi connectivity index (χ0) is 24.8. The molecule has 0 saturated carbocycles. The number of benzene rings is 2. The Balaban J connectivity index is 1.57. The van der Waals surface area contributed by atoms with Crippen LogP contribution in [0.5, 0.6) is 5.75 Å². The van der Waals surface area contributed by atoms with Crippen LogP contribution in [0.15, 0.2) is 59.6 Å². The lowest BCUT2D eigenvalue weighted by atomic mass is 10.1. The van der Waals surface area contributed by atoms with Crippen molar-refractivity contribution in [3.05, 3.63) is 66.0 Å². The lowest BCUT2D eigenvalue weighted by Gasteiger charge is -2.31. The Morgan fingerprint density at radius 3 is 2.86 bits per heavy atom. The van der Waals surface area contributed by atoms with Gasteiger partial charge in [-0.3, -0.25) is 4.79 Å². The molecule has 180 valence electrons. The number of hydrogen-bond donors (Lipinski definition) is 3. The Hall–Kier alpha value is -4.36. The summed E-state index contributed by atoms with van der Waals surface area (Å²) in [5, 5.41) is 18.5. The fourth-order valence-corrected chi connectivity index (χ4v) is 3.81. The van der Waals surface area contributed by atoms with Gasteiger partial charge in [0.05, 0.1) is 43.0 Å². The third-order valence-corrected chi connectivity index (χ3v) is 5.56. The molecule has 9 nitrogen and oxygen atoms in total. The maximum Gasteiger partial charge on any atom is 0.247 e. The molecule has 1 fully saturated rings. The number of anilines is 3. The van der Waals surface area contributed by atoms with Crippen molar-refractivity contribution in [2.45, 2.75) is 6.29 Å². The van der Waals surface area contributed by atoms with Crippen LogP contribution in [0.3, 0.4) is 0 Å². The van der Waals surface area contributed by atoms with E-state index < -0.39 is 18.0 Å². The van der Waals surface area contributed by atoms with Crippen LogP contribution >= 0.6 is 0 Å². The maximum absolute atomic E-state index is 14.2. The van der Waals surface area contributed by atoms with Crippen molar-refractivity contribution in [1.29, 1.82) is 5.26 Å². The maximum atomic E-state index is 14.2. The summed E-state index contributed by atoms with van der Waals surface area (Å²) in [5.41, 5.74) is 2.96. The van der Waals surface area contributed by atoms with E-state index in [0.717, 1.165) is 36.3 Å². The normalized spacial score (nSPS) is 17.3. The van der Waals surface area contributed by atoms with E-state index in [4.69, 9.17) is 9.47 Å². The Labute approximate surface area is 202 Å². The van der Waals surface area contributed by atoms with Gasteiger partial charge in [0.2, 0.25) is 5.91 Å². The number of nitrogens with zero attached hydrogens (tertiary/aromatic N) is 3. The van der Waals surface area contributed by atoms with E-state index in [9.17, 15) is 14.4 Å². The molecule has 0 aromatic heterocycles. The average molecular weight is 477 g/mol. The summed E-state index contributed by atoms with van der Waals surface area (Å²) in [6, 6.07) is 12.0. The minimum absolute atomic E-state index is 0.0173. The number of methoxy groups -OCH3 is 1. The number of amides is 1. The first-order valence-electron chi connectivity index (χ1n) is 11.0. The second-order valence-corrected chi connectivity index (χ2v) is 7.74. The molecule has 1 amide bonds. The van der Waals surface area contributed by atoms with Crippen LogP contribution in [0.25, 0.3) is 5.70 Å². The van der Waals surface area contributed by atoms with Crippen molar-refractivity contribution < 1.29 is 18.7 Å². The van der Waals surface area contributed by atoms with E-state index in [1.165, 1.54) is 24.4 Å². The molecule has 1 saturated heterocycles. The van der Waals surface area contributed by atoms with Crippen molar-refractivity contribution in [1.82, 2.24) is 5.32 Å². The van der Waals surface area contributed by atoms with Gasteiger partial charge >= 0.3 is 0 Å². The summed E-state index contributed by atoms with van der Waals surface area (Å²) in [6.45, 7) is 6.19. The number of nitrogens with one attached hydrogen (secondary N) is 3. The molecular formula is C25H25FN6O3. The van der Waals surface area contributed by atoms with Crippen molar-refractivity contribution in [3.8, 4) is 11.8 Å². The summed E-state index contributed by atoms with van der Waals surface area (Å²) in [4.78, 5) is 18.2. The molecule has 2 aromatic carbocycles. The van der Waals surface area contributed by atoms with Gasteiger partial charge < -0.3 is 30.3 Å². The number of hydrogen-bond acceptors (Lipinski definition) is 8. The highest BCUT2D eigenvalue weighted by Crippen LogP contribution is 2.32. The van der Waals surface area contributed by atoms with Gasteiger partial charge in [0, 0.05) is 30.6 Å². The highest BCUT2D eigenvalue weighted by atomic mass is 19.1. The topological polar surface area (TPSA) is 111 Å². The molecule has 2 aromatic rings. The van der Waals surface area contributed by atoms with Gasteiger partial charge in [-0.05, 0) is 42.5 Å². The van der Waals surface area contributed by atoms with Gasteiger partial charge in [-0.15, -0.1) is 0 Å². The molecule has 2 aliphatic heterocycles. The largest absolute Gasteiger partial charge is 0.495 e. The van der Waals surface area contributed by atoms with E-state index in [0.29, 0.717) is 24.5 Å². The standard InChI is InChI=1S/C25H25FN6O3/c1-3-23(33)30-20-12-16(4-6-19(20)26)24-17(14-27)15-28-25(31-24)29-18-5-7-22(34-2)21(13-18)32-8-10-35-11-9-32/h3-7,12-13,15,25,29,31H,1,8-11H2,2H3,(H,30,33). The van der Waals surface area contributed by atoms with Crippen LogP contribution in [0.2, 0.25) is 0 Å². The zero-order valence-corrected chi connectivity index (χ0v) is 19.2. The molecule has 10 heteroatoms. The molecular weight excluding hydrogens is 451 g/mol. The quantitative estimate of drug-likeness (QED) is 0.527. The minimum Gasteiger partial charge on any atom is -0.495 e. The molecule has 0 radical (unpaired) electrons. The van der Waals surface area contributed by atoms with E-state index in [1.54, 1.807) is 7.11 Å². The summed E-state index contributed by atoms with van der Waals surface area (Å²) in [7, 11) is 1.63. The third-order valence-electron chi connectivity index (χ3n) is 5.56.